The summed E-state index contributed by atoms with van der Waals surface area (Å²) in [5, 5.41) is 48.1. The Labute approximate surface area is 827 Å². The zero-order valence-corrected chi connectivity index (χ0v) is 76.6. The van der Waals surface area contributed by atoms with E-state index in [1.54, 1.807) is 42.5 Å². The van der Waals surface area contributed by atoms with Crippen molar-refractivity contribution in [1.29, 1.82) is 21.0 Å². The van der Waals surface area contributed by atoms with Crippen LogP contribution >= 0.6 is 0 Å². The molecule has 0 unspecified atom stereocenters. The van der Waals surface area contributed by atoms with Crippen molar-refractivity contribution in [3.63, 3.8) is 0 Å². The summed E-state index contributed by atoms with van der Waals surface area (Å²) in [5.41, 5.74) is 20.3. The number of para-hydroxylation sites is 6. The van der Waals surface area contributed by atoms with E-state index in [9.17, 15) is 34.2 Å². The van der Waals surface area contributed by atoms with E-state index in [0.29, 0.717) is 113 Å². The first-order valence-corrected chi connectivity index (χ1v) is 46.0. The second-order valence-corrected chi connectivity index (χ2v) is 34.7. The number of nitriles is 4. The van der Waals surface area contributed by atoms with Crippen LogP contribution in [0, 0.1) is 78.5 Å². The zero-order valence-electron chi connectivity index (χ0n) is 76.6. The van der Waals surface area contributed by atoms with Gasteiger partial charge in [0, 0.05) is 115 Å². The van der Waals surface area contributed by atoms with Crippen LogP contribution in [0.3, 0.4) is 0 Å². The van der Waals surface area contributed by atoms with Gasteiger partial charge in [-0.3, -0.25) is 0 Å². The highest BCUT2D eigenvalue weighted by Gasteiger charge is 2.34. The first-order valence-electron chi connectivity index (χ1n) is 46.0. The quantitative estimate of drug-likeness (QED) is 0.0940. The van der Waals surface area contributed by atoms with E-state index >= 15 is 0 Å². The molecule has 0 N–H and O–H groups in total. The number of halogens is 3. The summed E-state index contributed by atoms with van der Waals surface area (Å²) in [7, 11) is 0. The molecule has 6 heterocycles. The number of aryl methyl sites for hydroxylation is 1. The number of hydrogen-bond donors (Lipinski definition) is 0. The summed E-state index contributed by atoms with van der Waals surface area (Å²) < 4.78 is 53.1. The second kappa shape index (κ2) is 36.1. The largest absolute Gasteiger partial charge is 0.416 e. The zero-order chi connectivity index (χ0) is 98.8. The lowest BCUT2D eigenvalue weighted by molar-refractivity contribution is -0.137. The maximum atomic E-state index is 14.9. The minimum Gasteiger partial charge on any atom is -0.318 e. The topological polar surface area (TPSA) is 210 Å². The molecule has 0 radical (unpaired) electrons. The van der Waals surface area contributed by atoms with Crippen molar-refractivity contribution < 1.29 is 13.2 Å². The van der Waals surface area contributed by atoms with Crippen LogP contribution in [0.25, 0.3) is 242 Å². The van der Waals surface area contributed by atoms with Crippen molar-refractivity contribution in [2.24, 2.45) is 0 Å². The molecule has 24 rings (SSSR count). The normalized spacial score (nSPS) is 11.3. The van der Waals surface area contributed by atoms with Crippen LogP contribution in [-0.2, 0) is 6.18 Å². The fraction of sp³-hybridized carbons (Fsp3) is 0.0161. The first-order chi connectivity index (χ1) is 71.1. The third kappa shape index (κ3) is 15.3. The molecule has 145 heavy (non-hydrogen) atoms. The van der Waals surface area contributed by atoms with Crippen LogP contribution in [0.1, 0.15) is 33.4 Å². The van der Waals surface area contributed by atoms with Crippen molar-refractivity contribution in [3.05, 3.63) is 467 Å². The lowest BCUT2D eigenvalue weighted by Crippen LogP contribution is -2.08. The minimum absolute atomic E-state index is 0.123. The predicted octanol–water partition coefficient (Wildman–Crippen LogP) is 31.8. The number of benzene rings is 18. The summed E-state index contributed by atoms with van der Waals surface area (Å²) in [6, 6.07) is 131. The highest BCUT2D eigenvalue weighted by molar-refractivity contribution is 6.17. The number of rotatable bonds is 14. The second-order valence-electron chi connectivity index (χ2n) is 34.7. The molecule has 0 spiro atoms. The minimum atomic E-state index is -4.75. The van der Waals surface area contributed by atoms with Crippen LogP contribution in [0.4, 0.5) is 35.9 Å². The molecule has 0 saturated heterocycles. The molecule has 0 fully saturated rings. The number of fused-ring (bicyclic) bond motifs is 12. The Kier molecular flexibility index (Phi) is 21.9. The molecule has 0 aliphatic carbocycles. The summed E-state index contributed by atoms with van der Waals surface area (Å²) in [4.78, 5) is 44.9. The van der Waals surface area contributed by atoms with Crippen LogP contribution in [0.2, 0.25) is 0 Å². The molecular weight excluding hydrogens is 1800 g/mol. The van der Waals surface area contributed by atoms with Gasteiger partial charge in [-0.15, -0.1) is 0 Å². The van der Waals surface area contributed by atoms with Crippen LogP contribution in [0.5, 0.6) is 0 Å². The lowest BCUT2D eigenvalue weighted by atomic mass is 9.95. The molecule has 0 saturated carbocycles. The van der Waals surface area contributed by atoms with Crippen molar-refractivity contribution in [2.45, 2.75) is 13.1 Å². The number of nitrogens with zero attached hydrogens (tertiary/aromatic N) is 18. The molecule has 0 amide bonds. The average molecular weight is 1870 g/mol. The van der Waals surface area contributed by atoms with Crippen molar-refractivity contribution in [1.82, 2.24) is 48.2 Å². The molecule has 674 valence electrons. The van der Waals surface area contributed by atoms with Gasteiger partial charge in [-0.25, -0.2) is 49.3 Å². The summed E-state index contributed by atoms with van der Waals surface area (Å²) in [6.07, 6.45) is -4.75. The molecule has 0 atom stereocenters. The van der Waals surface area contributed by atoms with Crippen molar-refractivity contribution in [2.75, 3.05) is 0 Å². The molecule has 21 heteroatoms. The molecule has 0 aliphatic heterocycles. The Hall–Kier alpha value is -21.1. The number of hydrogen-bond acceptors (Lipinski definition) is 10. The third-order valence-electron chi connectivity index (χ3n) is 26.4. The number of aromatic nitrogens is 10. The smallest absolute Gasteiger partial charge is 0.318 e. The van der Waals surface area contributed by atoms with Gasteiger partial charge in [0.05, 0.1) is 128 Å². The maximum Gasteiger partial charge on any atom is 0.416 e. The third-order valence-corrected chi connectivity index (χ3v) is 26.4. The van der Waals surface area contributed by atoms with E-state index in [-0.39, 0.29) is 45.0 Å². The SMILES string of the molecule is Cc1ccc(-n2c3ccccc3c3cc(-c4nc(-c5ccccc5)nc(-c5ccccc5)n4)ccc32)c(-c2cccc(C#N)c2-n2c3ccccc3c3cc(-c4nc(-c5ccccc5)nc(-c5ccccc5)n4)ccc32)c1.[C-]#[N+]c1cc(C#N)c(-c2ccc3c(c2)c2ccccc2n3-c2ccc(C(F)(F)F)cc2-c2cccc([N+]#[C-])c2-n2c3ccccc3c3cc(-c4c(C#N)cc(C#N)cc4[N+]#[C-])ccc32)c([N+]#[C-])c1. The van der Waals surface area contributed by atoms with Gasteiger partial charge in [0.2, 0.25) is 5.69 Å². The number of alkyl halides is 3. The van der Waals surface area contributed by atoms with Gasteiger partial charge in [-0.05, 0) is 163 Å². The van der Waals surface area contributed by atoms with Gasteiger partial charge in [-0.1, -0.05) is 254 Å². The Balaban J connectivity index is 0.000000162. The molecule has 0 bridgehead atoms. The Morgan fingerprint density at radius 1 is 0.255 bits per heavy atom. The standard InChI is InChI=1S/C68H43N9.C56H24F3N9/c1-43-33-36-59(76-57-31-16-14-28-51(57)55-40-48(34-37-60(55)76)67-72-63(44-19-6-2-7-20-44)70-64(73-67)45-21-8-3-9-22-45)54(39-43)53-30-18-27-50(42-69)62(53)77-58-32-17-15-29-52(58)56-41-49(35-38-61(56)77)68-74-65(46-23-10-4-11-24-46)71-66(75-68)47-25-12-5-13-26-47;1-63-38-24-36(31-62)54(47(28-38)66-4)34-16-19-50-42(25-34)39-10-5-7-14-48(39)67(50)51-21-18-37(56(57,58)59)27-44(51)41-12-9-13-45(64-2)55(41)68-49-15-8-6-11-40(49)43-26-33(17-20-52(43)68)53-35(30-61)22-32(29-60)23-46(53)65-3/h2-41H,1H3;5-28H. The van der Waals surface area contributed by atoms with Gasteiger partial charge < -0.3 is 18.3 Å². The first kappa shape index (κ1) is 87.9. The molecule has 18 aromatic carbocycles. The van der Waals surface area contributed by atoms with Gasteiger partial charge in [0.15, 0.2) is 52.0 Å². The summed E-state index contributed by atoms with van der Waals surface area (Å²) in [6.45, 7) is 33.9. The molecular formula is C124H67F3N18. The molecule has 24 aromatic rings. The van der Waals surface area contributed by atoms with Gasteiger partial charge in [0.1, 0.15) is 6.07 Å². The van der Waals surface area contributed by atoms with E-state index in [4.69, 9.17) is 56.2 Å². The fourth-order valence-electron chi connectivity index (χ4n) is 20.0. The van der Waals surface area contributed by atoms with Crippen LogP contribution < -0.4 is 0 Å². The van der Waals surface area contributed by atoms with Crippen LogP contribution in [0.15, 0.2) is 388 Å². The summed E-state index contributed by atoms with van der Waals surface area (Å²) in [5.74, 6) is 3.57. The van der Waals surface area contributed by atoms with E-state index in [1.807, 2.05) is 209 Å². The van der Waals surface area contributed by atoms with E-state index in [1.165, 1.54) is 30.3 Å². The predicted molar refractivity (Wildman–Crippen MR) is 565 cm³/mol. The monoisotopic (exact) mass is 1860 g/mol. The summed E-state index contributed by atoms with van der Waals surface area (Å²) >= 11 is 0. The lowest BCUT2D eigenvalue weighted by Gasteiger charge is -2.21. The highest BCUT2D eigenvalue weighted by atomic mass is 19.4. The van der Waals surface area contributed by atoms with E-state index < -0.39 is 11.7 Å². The van der Waals surface area contributed by atoms with E-state index in [0.717, 1.165) is 128 Å². The Bertz CT molecular complexity index is 9770. The van der Waals surface area contributed by atoms with Gasteiger partial charge >= 0.3 is 6.18 Å². The molecule has 6 aromatic heterocycles. The van der Waals surface area contributed by atoms with E-state index in [2.05, 4.69) is 163 Å². The Morgan fingerprint density at radius 3 is 1.01 bits per heavy atom. The van der Waals surface area contributed by atoms with Crippen molar-refractivity contribution in [3.8, 4) is 160 Å². The highest BCUT2D eigenvalue weighted by Crippen LogP contribution is 2.51. The average Bonchev–Trinajstić information content (AvgIpc) is 1.58. The van der Waals surface area contributed by atoms with Gasteiger partial charge in [0.25, 0.3) is 0 Å². The van der Waals surface area contributed by atoms with Gasteiger partial charge in [-0.2, -0.15) is 34.2 Å². The molecule has 18 nitrogen and oxygen atoms in total. The molecule has 0 aliphatic rings. The van der Waals surface area contributed by atoms with Crippen LogP contribution in [-0.4, -0.2) is 48.2 Å². The van der Waals surface area contributed by atoms with Crippen molar-refractivity contribution >= 4 is 110 Å². The Morgan fingerprint density at radius 2 is 0.600 bits per heavy atom. The maximum absolute atomic E-state index is 14.9. The fourth-order valence-corrected chi connectivity index (χ4v) is 20.0.